The Morgan fingerprint density at radius 1 is 1.91 bits per heavy atom. The van der Waals surface area contributed by atoms with Gasteiger partial charge < -0.3 is 9.47 Å². The number of esters is 1. The lowest BCUT2D eigenvalue weighted by Crippen LogP contribution is -2.39. The van der Waals surface area contributed by atoms with Gasteiger partial charge in [0.15, 0.2) is 0 Å². The first-order valence-corrected chi connectivity index (χ1v) is 3.68. The van der Waals surface area contributed by atoms with E-state index < -0.39 is 0 Å². The van der Waals surface area contributed by atoms with Gasteiger partial charge in [0.1, 0.15) is 6.10 Å². The summed E-state index contributed by atoms with van der Waals surface area (Å²) in [4.78, 5) is 10.7. The molecule has 0 saturated carbocycles. The topological polar surface area (TPSA) is 35.5 Å². The number of carbonyl (C=O) groups excluding carboxylic acids is 1. The van der Waals surface area contributed by atoms with Crippen LogP contribution in [0, 0.1) is 0 Å². The summed E-state index contributed by atoms with van der Waals surface area (Å²) in [5.74, 6) is -0.381. The Hall–Kier alpha value is -0.830. The molecular weight excluding hydrogens is 144 g/mol. The minimum absolute atomic E-state index is 0.0962. The molecule has 1 saturated heterocycles. The third-order valence-electron chi connectivity index (χ3n) is 1.73. The fraction of sp³-hybridized carbons (Fsp3) is 0.625. The second-order valence-corrected chi connectivity index (χ2v) is 2.54. The third kappa shape index (κ3) is 2.05. The van der Waals surface area contributed by atoms with Crippen LogP contribution in [0.1, 0.15) is 13.3 Å². The van der Waals surface area contributed by atoms with Crippen LogP contribution in [-0.2, 0) is 14.3 Å². The Morgan fingerprint density at radius 3 is 2.91 bits per heavy atom. The molecule has 0 aromatic heterocycles. The van der Waals surface area contributed by atoms with Crippen molar-refractivity contribution in [2.75, 3.05) is 6.61 Å². The lowest BCUT2D eigenvalue weighted by molar-refractivity contribution is -0.162. The van der Waals surface area contributed by atoms with Gasteiger partial charge in [-0.3, -0.25) is 0 Å². The van der Waals surface area contributed by atoms with Gasteiger partial charge in [-0.15, -0.1) is 0 Å². The molecule has 62 valence electrons. The van der Waals surface area contributed by atoms with E-state index in [9.17, 15) is 4.79 Å². The van der Waals surface area contributed by atoms with Crippen molar-refractivity contribution in [3.63, 3.8) is 0 Å². The van der Waals surface area contributed by atoms with Gasteiger partial charge in [0.05, 0.1) is 6.10 Å². The quantitative estimate of drug-likeness (QED) is 0.449. The fourth-order valence-corrected chi connectivity index (χ4v) is 0.931. The molecule has 0 spiro atoms. The predicted molar refractivity (Wildman–Crippen MR) is 40.1 cm³/mol. The molecule has 2 atom stereocenters. The van der Waals surface area contributed by atoms with Crippen LogP contribution in [0.2, 0.25) is 0 Å². The van der Waals surface area contributed by atoms with E-state index in [4.69, 9.17) is 9.47 Å². The molecule has 0 aromatic carbocycles. The molecule has 2 unspecified atom stereocenters. The molecular formula is C8H12O3. The smallest absolute Gasteiger partial charge is 0.330 e. The SMILES string of the molecule is C=CC(=O)OC(C)C1CCO1. The Labute approximate surface area is 66.0 Å². The van der Waals surface area contributed by atoms with Gasteiger partial charge in [-0.05, 0) is 6.92 Å². The molecule has 1 aliphatic heterocycles. The Kier molecular flexibility index (Phi) is 2.65. The van der Waals surface area contributed by atoms with Crippen molar-refractivity contribution in [2.24, 2.45) is 0 Å². The van der Waals surface area contributed by atoms with E-state index in [2.05, 4.69) is 6.58 Å². The summed E-state index contributed by atoms with van der Waals surface area (Å²) in [6.45, 7) is 5.90. The highest BCUT2D eigenvalue weighted by molar-refractivity contribution is 5.81. The molecule has 0 N–H and O–H groups in total. The summed E-state index contributed by atoms with van der Waals surface area (Å²) in [7, 11) is 0. The molecule has 3 nitrogen and oxygen atoms in total. The van der Waals surface area contributed by atoms with Crippen molar-refractivity contribution in [1.29, 1.82) is 0 Å². The summed E-state index contributed by atoms with van der Waals surface area (Å²) in [6.07, 6.45) is 2.09. The molecule has 0 amide bonds. The van der Waals surface area contributed by atoms with Crippen molar-refractivity contribution in [3.05, 3.63) is 12.7 Å². The van der Waals surface area contributed by atoms with Crippen LogP contribution in [-0.4, -0.2) is 24.8 Å². The van der Waals surface area contributed by atoms with E-state index in [0.717, 1.165) is 19.1 Å². The fourth-order valence-electron chi connectivity index (χ4n) is 0.931. The number of hydrogen-bond donors (Lipinski definition) is 0. The zero-order chi connectivity index (χ0) is 8.27. The minimum atomic E-state index is -0.381. The average Bonchev–Trinajstić information content (AvgIpc) is 1.83. The van der Waals surface area contributed by atoms with E-state index in [1.54, 1.807) is 0 Å². The standard InChI is InChI=1S/C8H12O3/c1-3-8(9)11-6(2)7-4-5-10-7/h3,6-7H,1,4-5H2,2H3. The first-order valence-electron chi connectivity index (χ1n) is 3.68. The Balaban J connectivity index is 2.24. The zero-order valence-corrected chi connectivity index (χ0v) is 6.58. The van der Waals surface area contributed by atoms with Crippen LogP contribution >= 0.6 is 0 Å². The Bertz CT molecular complexity index is 161. The highest BCUT2D eigenvalue weighted by Gasteiger charge is 2.26. The van der Waals surface area contributed by atoms with Gasteiger partial charge in [0, 0.05) is 19.1 Å². The molecule has 3 heteroatoms. The minimum Gasteiger partial charge on any atom is -0.457 e. The molecule has 11 heavy (non-hydrogen) atoms. The maximum Gasteiger partial charge on any atom is 0.330 e. The normalized spacial score (nSPS) is 25.0. The van der Waals surface area contributed by atoms with E-state index in [0.29, 0.717) is 0 Å². The maximum absolute atomic E-state index is 10.7. The monoisotopic (exact) mass is 156 g/mol. The zero-order valence-electron chi connectivity index (χ0n) is 6.58. The first kappa shape index (κ1) is 8.27. The lowest BCUT2D eigenvalue weighted by atomic mass is 10.1. The highest BCUT2D eigenvalue weighted by Crippen LogP contribution is 2.17. The molecule has 0 aromatic rings. The Morgan fingerprint density at radius 2 is 2.55 bits per heavy atom. The number of hydrogen-bond acceptors (Lipinski definition) is 3. The molecule has 0 radical (unpaired) electrons. The molecule has 1 rings (SSSR count). The number of carbonyl (C=O) groups is 1. The van der Waals surface area contributed by atoms with Crippen LogP contribution < -0.4 is 0 Å². The highest BCUT2D eigenvalue weighted by atomic mass is 16.6. The van der Waals surface area contributed by atoms with Crippen LogP contribution in [0.3, 0.4) is 0 Å². The van der Waals surface area contributed by atoms with E-state index >= 15 is 0 Å². The first-order chi connectivity index (χ1) is 5.24. The third-order valence-corrected chi connectivity index (χ3v) is 1.73. The summed E-state index contributed by atoms with van der Waals surface area (Å²) in [6, 6.07) is 0. The summed E-state index contributed by atoms with van der Waals surface area (Å²) >= 11 is 0. The van der Waals surface area contributed by atoms with Crippen molar-refractivity contribution in [3.8, 4) is 0 Å². The maximum atomic E-state index is 10.7. The van der Waals surface area contributed by atoms with E-state index in [1.807, 2.05) is 6.92 Å². The molecule has 0 aliphatic carbocycles. The molecule has 0 bridgehead atoms. The lowest BCUT2D eigenvalue weighted by Gasteiger charge is -2.30. The molecule has 1 fully saturated rings. The van der Waals surface area contributed by atoms with Crippen molar-refractivity contribution < 1.29 is 14.3 Å². The van der Waals surface area contributed by atoms with Gasteiger partial charge >= 0.3 is 5.97 Å². The summed E-state index contributed by atoms with van der Waals surface area (Å²) in [5, 5.41) is 0. The summed E-state index contributed by atoms with van der Waals surface area (Å²) in [5.41, 5.74) is 0. The van der Waals surface area contributed by atoms with Crippen molar-refractivity contribution in [2.45, 2.75) is 25.6 Å². The van der Waals surface area contributed by atoms with Crippen molar-refractivity contribution >= 4 is 5.97 Å². The predicted octanol–water partition coefficient (Wildman–Crippen LogP) is 0.893. The van der Waals surface area contributed by atoms with Gasteiger partial charge in [-0.1, -0.05) is 6.58 Å². The van der Waals surface area contributed by atoms with Crippen molar-refractivity contribution in [1.82, 2.24) is 0 Å². The van der Waals surface area contributed by atoms with Crippen LogP contribution in [0.25, 0.3) is 0 Å². The molecule has 1 aliphatic rings. The number of rotatable bonds is 3. The van der Waals surface area contributed by atoms with Crippen LogP contribution in [0.5, 0.6) is 0 Å². The van der Waals surface area contributed by atoms with Crippen LogP contribution in [0.15, 0.2) is 12.7 Å². The largest absolute Gasteiger partial charge is 0.457 e. The average molecular weight is 156 g/mol. The van der Waals surface area contributed by atoms with Gasteiger partial charge in [0.2, 0.25) is 0 Å². The van der Waals surface area contributed by atoms with Gasteiger partial charge in [0.25, 0.3) is 0 Å². The van der Waals surface area contributed by atoms with Gasteiger partial charge in [-0.25, -0.2) is 4.79 Å². The van der Waals surface area contributed by atoms with E-state index in [-0.39, 0.29) is 18.2 Å². The van der Waals surface area contributed by atoms with Gasteiger partial charge in [-0.2, -0.15) is 0 Å². The second-order valence-electron chi connectivity index (χ2n) is 2.54. The van der Waals surface area contributed by atoms with Crippen LogP contribution in [0.4, 0.5) is 0 Å². The number of ether oxygens (including phenoxy) is 2. The second kappa shape index (κ2) is 3.53. The summed E-state index contributed by atoms with van der Waals surface area (Å²) < 4.78 is 10.0. The van der Waals surface area contributed by atoms with E-state index in [1.165, 1.54) is 0 Å². The molecule has 1 heterocycles.